The van der Waals surface area contributed by atoms with E-state index in [2.05, 4.69) is 191 Å². The van der Waals surface area contributed by atoms with Crippen LogP contribution in [0.15, 0.2) is 170 Å². The first-order valence-electron chi connectivity index (χ1n) is 17.5. The number of para-hydroxylation sites is 2. The minimum absolute atomic E-state index is 0.969. The van der Waals surface area contributed by atoms with Crippen molar-refractivity contribution in [1.82, 2.24) is 4.57 Å². The molecule has 8 aromatic rings. The van der Waals surface area contributed by atoms with Crippen LogP contribution in [0.5, 0.6) is 0 Å². The molecule has 0 amide bonds. The van der Waals surface area contributed by atoms with Gasteiger partial charge in [-0.25, -0.2) is 0 Å². The molecule has 2 nitrogen and oxygen atoms in total. The van der Waals surface area contributed by atoms with Crippen molar-refractivity contribution in [3.8, 4) is 27.9 Å². The van der Waals surface area contributed by atoms with Gasteiger partial charge in [0.05, 0.1) is 11.0 Å². The Morgan fingerprint density at radius 2 is 1.14 bits per heavy atom. The van der Waals surface area contributed by atoms with Crippen molar-refractivity contribution < 1.29 is 0 Å². The molecule has 0 N–H and O–H groups in total. The molecule has 236 valence electrons. The molecule has 0 saturated heterocycles. The third-order valence-electron chi connectivity index (χ3n) is 10.4. The summed E-state index contributed by atoms with van der Waals surface area (Å²) in [4.78, 5) is 2.37. The Bertz CT molecular complexity index is 2640. The summed E-state index contributed by atoms with van der Waals surface area (Å²) in [5.74, 6) is 0. The maximum absolute atomic E-state index is 2.41. The van der Waals surface area contributed by atoms with Crippen molar-refractivity contribution >= 4 is 51.0 Å². The molecule has 0 aliphatic heterocycles. The number of hydrogen-bond donors (Lipinski definition) is 0. The predicted molar refractivity (Wildman–Crippen MR) is 212 cm³/mol. The first-order valence-corrected chi connectivity index (χ1v) is 17.5. The van der Waals surface area contributed by atoms with Crippen LogP contribution >= 0.6 is 0 Å². The van der Waals surface area contributed by atoms with Gasteiger partial charge in [-0.1, -0.05) is 115 Å². The van der Waals surface area contributed by atoms with Crippen LogP contribution in [-0.2, 0) is 6.42 Å². The van der Waals surface area contributed by atoms with Crippen LogP contribution in [-0.4, -0.2) is 4.57 Å². The van der Waals surface area contributed by atoms with Crippen molar-refractivity contribution in [1.29, 1.82) is 0 Å². The van der Waals surface area contributed by atoms with Crippen molar-refractivity contribution in [2.75, 3.05) is 4.90 Å². The third-order valence-corrected chi connectivity index (χ3v) is 10.4. The summed E-state index contributed by atoms with van der Waals surface area (Å²) >= 11 is 0. The Hall–Kier alpha value is -6.38. The molecule has 2 heteroatoms. The SMILES string of the molecule is C1=Cc2ccc(-n3c4ccccc4c4cc(-c5ccc(N(c6ccccc6)c6ccc7c(c6)-c6ccccc6C7)cc5)ccc43)cc2C=CC1. The summed E-state index contributed by atoms with van der Waals surface area (Å²) in [5.41, 5.74) is 17.5. The summed E-state index contributed by atoms with van der Waals surface area (Å²) < 4.78 is 2.41. The Labute approximate surface area is 292 Å². The van der Waals surface area contributed by atoms with Crippen molar-refractivity contribution in [3.05, 3.63) is 192 Å². The molecular weight excluding hydrogens is 605 g/mol. The highest BCUT2D eigenvalue weighted by atomic mass is 15.1. The minimum atomic E-state index is 0.969. The van der Waals surface area contributed by atoms with E-state index in [4.69, 9.17) is 0 Å². The fourth-order valence-electron chi connectivity index (χ4n) is 7.97. The average molecular weight is 639 g/mol. The second-order valence-electron chi connectivity index (χ2n) is 13.3. The number of benzene rings is 7. The quantitative estimate of drug-likeness (QED) is 0.182. The lowest BCUT2D eigenvalue weighted by molar-refractivity contribution is 1.18. The Morgan fingerprint density at radius 3 is 2.04 bits per heavy atom. The standard InChI is InChI=1S/C48H34N2/c1-3-11-33-21-26-41(30-35(33)12-4-1)50-47-18-10-9-17-44(47)46-31-36(23-28-48(46)50)34-19-24-40(25-20-34)49(39-14-5-2-6-15-39)42-27-22-38-29-37-13-7-8-16-43(37)45(38)32-42/h2-28,30-32H,1,29H2. The highest BCUT2D eigenvalue weighted by Crippen LogP contribution is 2.43. The summed E-state index contributed by atoms with van der Waals surface area (Å²) in [7, 11) is 0. The van der Waals surface area contributed by atoms with Crippen LogP contribution in [0, 0.1) is 0 Å². The van der Waals surface area contributed by atoms with Crippen LogP contribution in [0.3, 0.4) is 0 Å². The first-order chi connectivity index (χ1) is 24.8. The number of rotatable bonds is 5. The third kappa shape index (κ3) is 4.72. The zero-order valence-electron chi connectivity index (χ0n) is 27.6. The van der Waals surface area contributed by atoms with Gasteiger partial charge >= 0.3 is 0 Å². The number of allylic oxidation sites excluding steroid dienone is 2. The molecule has 0 saturated carbocycles. The van der Waals surface area contributed by atoms with Gasteiger partial charge < -0.3 is 9.47 Å². The van der Waals surface area contributed by atoms with E-state index < -0.39 is 0 Å². The maximum atomic E-state index is 2.41. The predicted octanol–water partition coefficient (Wildman–Crippen LogP) is 12.9. The second kappa shape index (κ2) is 11.6. The summed E-state index contributed by atoms with van der Waals surface area (Å²) in [5, 5.41) is 2.52. The van der Waals surface area contributed by atoms with Gasteiger partial charge in [-0.2, -0.15) is 0 Å². The molecule has 1 aromatic heterocycles. The number of aromatic nitrogens is 1. The number of hydrogen-bond acceptors (Lipinski definition) is 1. The molecular formula is C48H34N2. The second-order valence-corrected chi connectivity index (χ2v) is 13.3. The van der Waals surface area contributed by atoms with Crippen LogP contribution in [0.25, 0.3) is 61.9 Å². The van der Waals surface area contributed by atoms with Gasteiger partial charge in [-0.3, -0.25) is 0 Å². The summed E-state index contributed by atoms with van der Waals surface area (Å²) in [6.45, 7) is 0. The fraction of sp³-hybridized carbons (Fsp3) is 0.0417. The lowest BCUT2D eigenvalue weighted by Gasteiger charge is -2.26. The van der Waals surface area contributed by atoms with E-state index in [0.717, 1.165) is 29.9 Å². The van der Waals surface area contributed by atoms with Gasteiger partial charge in [0.2, 0.25) is 0 Å². The average Bonchev–Trinajstić information content (AvgIpc) is 3.60. The topological polar surface area (TPSA) is 8.17 Å². The zero-order chi connectivity index (χ0) is 33.0. The smallest absolute Gasteiger partial charge is 0.0541 e. The summed E-state index contributed by atoms with van der Waals surface area (Å²) in [6, 6.07) is 58.0. The van der Waals surface area contributed by atoms with Gasteiger partial charge in [0.15, 0.2) is 0 Å². The van der Waals surface area contributed by atoms with Gasteiger partial charge in [0.25, 0.3) is 0 Å². The van der Waals surface area contributed by atoms with Crippen LogP contribution < -0.4 is 4.90 Å². The van der Waals surface area contributed by atoms with E-state index in [1.54, 1.807) is 0 Å². The molecule has 0 bridgehead atoms. The van der Waals surface area contributed by atoms with E-state index in [9.17, 15) is 0 Å². The van der Waals surface area contributed by atoms with E-state index in [-0.39, 0.29) is 0 Å². The molecule has 0 unspecified atom stereocenters. The largest absolute Gasteiger partial charge is 0.310 e. The minimum Gasteiger partial charge on any atom is -0.310 e. The maximum Gasteiger partial charge on any atom is 0.0541 e. The van der Waals surface area contributed by atoms with Crippen LogP contribution in [0.2, 0.25) is 0 Å². The lowest BCUT2D eigenvalue weighted by Crippen LogP contribution is -2.10. The van der Waals surface area contributed by atoms with Crippen molar-refractivity contribution in [3.63, 3.8) is 0 Å². The molecule has 0 atom stereocenters. The highest BCUT2D eigenvalue weighted by Gasteiger charge is 2.21. The molecule has 2 aliphatic rings. The number of fused-ring (bicyclic) bond motifs is 7. The Morgan fingerprint density at radius 1 is 0.440 bits per heavy atom. The van der Waals surface area contributed by atoms with E-state index in [0.29, 0.717) is 0 Å². The lowest BCUT2D eigenvalue weighted by atomic mass is 10.0. The number of anilines is 3. The van der Waals surface area contributed by atoms with Gasteiger partial charge in [0, 0.05) is 33.5 Å². The molecule has 50 heavy (non-hydrogen) atoms. The molecule has 10 rings (SSSR count). The first kappa shape index (κ1) is 28.6. The molecule has 0 fully saturated rings. The van der Waals surface area contributed by atoms with Crippen molar-refractivity contribution in [2.24, 2.45) is 0 Å². The van der Waals surface area contributed by atoms with E-state index >= 15 is 0 Å². The van der Waals surface area contributed by atoms with Gasteiger partial charge in [0.1, 0.15) is 0 Å². The Balaban J connectivity index is 1.05. The van der Waals surface area contributed by atoms with Crippen LogP contribution in [0.1, 0.15) is 28.7 Å². The van der Waals surface area contributed by atoms with E-state index in [1.807, 2.05) is 0 Å². The molecule has 0 radical (unpaired) electrons. The molecule has 1 heterocycles. The van der Waals surface area contributed by atoms with E-state index in [1.165, 1.54) is 72.0 Å². The number of nitrogens with zero attached hydrogens (tertiary/aromatic N) is 2. The molecule has 7 aromatic carbocycles. The zero-order valence-corrected chi connectivity index (χ0v) is 27.6. The fourth-order valence-corrected chi connectivity index (χ4v) is 7.97. The monoisotopic (exact) mass is 638 g/mol. The summed E-state index contributed by atoms with van der Waals surface area (Å²) in [6.07, 6.45) is 10.9. The molecule has 0 spiro atoms. The van der Waals surface area contributed by atoms with Gasteiger partial charge in [-0.05, 0) is 124 Å². The Kier molecular flexibility index (Phi) is 6.67. The molecule has 2 aliphatic carbocycles. The van der Waals surface area contributed by atoms with Crippen molar-refractivity contribution in [2.45, 2.75) is 12.8 Å². The normalized spacial score (nSPS) is 12.9. The van der Waals surface area contributed by atoms with Crippen LogP contribution in [0.4, 0.5) is 17.1 Å². The highest BCUT2D eigenvalue weighted by molar-refractivity contribution is 6.10. The van der Waals surface area contributed by atoms with Gasteiger partial charge in [-0.15, -0.1) is 0 Å².